The molecule has 0 amide bonds. The molecular weight excluding hydrogens is 302 g/mol. The van der Waals surface area contributed by atoms with Gasteiger partial charge >= 0.3 is 5.97 Å². The minimum absolute atomic E-state index is 0.349. The van der Waals surface area contributed by atoms with Gasteiger partial charge in [0.1, 0.15) is 6.04 Å². The van der Waals surface area contributed by atoms with Gasteiger partial charge in [-0.2, -0.15) is 5.10 Å². The fraction of sp³-hybridized carbons (Fsp3) is 0.474. The van der Waals surface area contributed by atoms with Crippen LogP contribution < -0.4 is 0 Å². The Morgan fingerprint density at radius 2 is 2.00 bits per heavy atom. The Morgan fingerprint density at radius 1 is 1.21 bits per heavy atom. The quantitative estimate of drug-likeness (QED) is 0.938. The third-order valence-electron chi connectivity index (χ3n) is 5.53. The minimum Gasteiger partial charge on any atom is -0.480 e. The van der Waals surface area contributed by atoms with Crippen molar-refractivity contribution in [1.82, 2.24) is 14.7 Å². The number of fused-ring (bicyclic) bond motifs is 1. The van der Waals surface area contributed by atoms with Gasteiger partial charge in [-0.1, -0.05) is 31.0 Å². The summed E-state index contributed by atoms with van der Waals surface area (Å²) in [5.41, 5.74) is 2.10. The monoisotopic (exact) mass is 325 g/mol. The minimum atomic E-state index is -0.681. The third kappa shape index (κ3) is 2.84. The number of para-hydroxylation sites is 1. The number of rotatable bonds is 4. The van der Waals surface area contributed by atoms with Crippen molar-refractivity contribution in [2.24, 2.45) is 5.92 Å². The molecule has 3 atom stereocenters. The van der Waals surface area contributed by atoms with Crippen molar-refractivity contribution in [2.45, 2.75) is 50.7 Å². The summed E-state index contributed by atoms with van der Waals surface area (Å²) < 4.78 is 1.86. The summed E-state index contributed by atoms with van der Waals surface area (Å²) in [4.78, 5) is 13.9. The Balaban J connectivity index is 1.55. The Bertz CT molecular complexity index is 712. The number of aromatic nitrogens is 2. The lowest BCUT2D eigenvalue weighted by Gasteiger charge is -2.32. The molecule has 2 aromatic rings. The average molecular weight is 325 g/mol. The van der Waals surface area contributed by atoms with Crippen LogP contribution in [0.25, 0.3) is 5.69 Å². The van der Waals surface area contributed by atoms with Crippen LogP contribution in [-0.2, 0) is 11.3 Å². The second-order valence-corrected chi connectivity index (χ2v) is 7.00. The van der Waals surface area contributed by atoms with Gasteiger partial charge in [-0.3, -0.25) is 9.69 Å². The van der Waals surface area contributed by atoms with Crippen molar-refractivity contribution in [2.75, 3.05) is 0 Å². The normalized spacial score (nSPS) is 27.1. The molecule has 0 radical (unpaired) electrons. The predicted molar refractivity (Wildman–Crippen MR) is 90.9 cm³/mol. The molecule has 1 aliphatic carbocycles. The first kappa shape index (κ1) is 15.4. The summed E-state index contributed by atoms with van der Waals surface area (Å²) in [6.45, 7) is 0.672. The number of hydrogen-bond acceptors (Lipinski definition) is 3. The Morgan fingerprint density at radius 3 is 2.79 bits per heavy atom. The maximum absolute atomic E-state index is 11.7. The van der Waals surface area contributed by atoms with Crippen molar-refractivity contribution in [3.8, 4) is 5.69 Å². The summed E-state index contributed by atoms with van der Waals surface area (Å²) in [6.07, 6.45) is 9.44. The molecule has 5 heteroatoms. The van der Waals surface area contributed by atoms with Crippen LogP contribution in [0.4, 0.5) is 0 Å². The number of likely N-dealkylation sites (tertiary alicyclic amines) is 1. The van der Waals surface area contributed by atoms with Crippen LogP contribution in [0, 0.1) is 5.92 Å². The summed E-state index contributed by atoms with van der Waals surface area (Å²) in [5.74, 6) is -0.135. The van der Waals surface area contributed by atoms with Crippen LogP contribution >= 0.6 is 0 Å². The van der Waals surface area contributed by atoms with E-state index in [1.807, 2.05) is 47.4 Å². The fourth-order valence-electron chi connectivity index (χ4n) is 4.40. The molecule has 1 aromatic heterocycles. The van der Waals surface area contributed by atoms with E-state index in [9.17, 15) is 9.90 Å². The van der Waals surface area contributed by atoms with E-state index in [0.29, 0.717) is 18.5 Å². The first-order valence-corrected chi connectivity index (χ1v) is 8.80. The number of nitrogens with zero attached hydrogens (tertiary/aromatic N) is 3. The second-order valence-electron chi connectivity index (χ2n) is 7.00. The van der Waals surface area contributed by atoms with Gasteiger partial charge in [0, 0.05) is 24.3 Å². The molecule has 126 valence electrons. The van der Waals surface area contributed by atoms with Crippen LogP contribution in [0.3, 0.4) is 0 Å². The van der Waals surface area contributed by atoms with Gasteiger partial charge in [-0.15, -0.1) is 0 Å². The number of benzene rings is 1. The summed E-state index contributed by atoms with van der Waals surface area (Å²) >= 11 is 0. The van der Waals surface area contributed by atoms with Crippen LogP contribution in [0.2, 0.25) is 0 Å². The van der Waals surface area contributed by atoms with E-state index in [2.05, 4.69) is 10.00 Å². The molecule has 1 aliphatic heterocycles. The van der Waals surface area contributed by atoms with E-state index >= 15 is 0 Å². The predicted octanol–water partition coefficient (Wildman–Crippen LogP) is 3.09. The second kappa shape index (κ2) is 6.40. The van der Waals surface area contributed by atoms with Crippen LogP contribution in [-0.4, -0.2) is 37.8 Å². The largest absolute Gasteiger partial charge is 0.480 e. The van der Waals surface area contributed by atoms with Gasteiger partial charge < -0.3 is 5.11 Å². The van der Waals surface area contributed by atoms with Crippen molar-refractivity contribution >= 4 is 5.97 Å². The first-order chi connectivity index (χ1) is 11.7. The molecule has 1 saturated carbocycles. The van der Waals surface area contributed by atoms with E-state index in [1.165, 1.54) is 19.3 Å². The highest BCUT2D eigenvalue weighted by molar-refractivity contribution is 5.74. The zero-order chi connectivity index (χ0) is 16.5. The highest BCUT2D eigenvalue weighted by atomic mass is 16.4. The maximum atomic E-state index is 11.7. The van der Waals surface area contributed by atoms with Gasteiger partial charge in [0.15, 0.2) is 0 Å². The van der Waals surface area contributed by atoms with E-state index in [4.69, 9.17) is 0 Å². The molecule has 4 rings (SSSR count). The molecule has 1 aromatic carbocycles. The summed E-state index contributed by atoms with van der Waals surface area (Å²) in [6, 6.07) is 10.1. The molecule has 2 fully saturated rings. The van der Waals surface area contributed by atoms with Gasteiger partial charge in [-0.25, -0.2) is 4.68 Å². The molecule has 0 bridgehead atoms. The molecule has 0 unspecified atom stereocenters. The van der Waals surface area contributed by atoms with Crippen molar-refractivity contribution in [3.05, 3.63) is 48.3 Å². The van der Waals surface area contributed by atoms with E-state index in [-0.39, 0.29) is 6.04 Å². The lowest BCUT2D eigenvalue weighted by atomic mass is 9.85. The average Bonchev–Trinajstić information content (AvgIpc) is 3.21. The standard InChI is InChI=1S/C19H23N3O2/c23-19(24)18-10-15-6-4-5-9-17(15)21(18)12-14-11-20-22(13-14)16-7-2-1-3-8-16/h1-3,7-8,11,13,15,17-18H,4-6,9-10,12H2,(H,23,24)/t15-,17-,18+/m1/s1. The van der Waals surface area contributed by atoms with Crippen LogP contribution in [0.5, 0.6) is 0 Å². The lowest BCUT2D eigenvalue weighted by molar-refractivity contribution is -0.142. The Hall–Kier alpha value is -2.14. The number of carboxylic acid groups (broad SMARTS) is 1. The van der Waals surface area contributed by atoms with Crippen molar-refractivity contribution < 1.29 is 9.90 Å². The SMILES string of the molecule is O=C(O)[C@@H]1C[C@H]2CCCC[C@H]2N1Cc1cnn(-c2ccccc2)c1. The fourth-order valence-corrected chi connectivity index (χ4v) is 4.40. The lowest BCUT2D eigenvalue weighted by Crippen LogP contribution is -2.41. The molecule has 1 N–H and O–H groups in total. The third-order valence-corrected chi connectivity index (χ3v) is 5.53. The first-order valence-electron chi connectivity index (χ1n) is 8.80. The zero-order valence-electron chi connectivity index (χ0n) is 13.7. The Labute approximate surface area is 141 Å². The Kier molecular flexibility index (Phi) is 4.10. The highest BCUT2D eigenvalue weighted by Gasteiger charge is 2.45. The smallest absolute Gasteiger partial charge is 0.320 e. The number of hydrogen-bond donors (Lipinski definition) is 1. The van der Waals surface area contributed by atoms with Gasteiger partial charge in [-0.05, 0) is 37.3 Å². The van der Waals surface area contributed by atoms with Crippen molar-refractivity contribution in [3.63, 3.8) is 0 Å². The van der Waals surface area contributed by atoms with Gasteiger partial charge in [0.05, 0.1) is 11.9 Å². The topological polar surface area (TPSA) is 58.4 Å². The maximum Gasteiger partial charge on any atom is 0.320 e. The van der Waals surface area contributed by atoms with Gasteiger partial charge in [0.2, 0.25) is 0 Å². The molecule has 24 heavy (non-hydrogen) atoms. The molecule has 0 spiro atoms. The number of carbonyl (C=O) groups is 1. The van der Waals surface area contributed by atoms with E-state index < -0.39 is 5.97 Å². The number of aliphatic carboxylic acids is 1. The van der Waals surface area contributed by atoms with Crippen LogP contribution in [0.15, 0.2) is 42.7 Å². The molecule has 2 aliphatic rings. The molecule has 2 heterocycles. The molecule has 5 nitrogen and oxygen atoms in total. The van der Waals surface area contributed by atoms with Gasteiger partial charge in [0.25, 0.3) is 0 Å². The van der Waals surface area contributed by atoms with Crippen molar-refractivity contribution in [1.29, 1.82) is 0 Å². The summed E-state index contributed by atoms with van der Waals surface area (Å²) in [5, 5.41) is 14.1. The van der Waals surface area contributed by atoms with E-state index in [0.717, 1.165) is 24.1 Å². The molecular formula is C19H23N3O2. The zero-order valence-corrected chi connectivity index (χ0v) is 13.7. The highest BCUT2D eigenvalue weighted by Crippen LogP contribution is 2.40. The molecule has 1 saturated heterocycles. The summed E-state index contributed by atoms with van der Waals surface area (Å²) in [7, 11) is 0. The van der Waals surface area contributed by atoms with Crippen LogP contribution in [0.1, 0.15) is 37.7 Å². The van der Waals surface area contributed by atoms with E-state index in [1.54, 1.807) is 0 Å². The number of carboxylic acids is 1.